The van der Waals surface area contributed by atoms with Gasteiger partial charge < -0.3 is 10.1 Å². The van der Waals surface area contributed by atoms with Gasteiger partial charge in [0.05, 0.1) is 28.9 Å². The lowest BCUT2D eigenvalue weighted by atomic mass is 10.2. The third kappa shape index (κ3) is 5.77. The number of hydrogen-bond donors (Lipinski definition) is 1. The second-order valence-corrected chi connectivity index (χ2v) is 9.38. The van der Waals surface area contributed by atoms with Gasteiger partial charge in [0.15, 0.2) is 5.16 Å². The molecule has 0 spiro atoms. The number of hydrogen-bond acceptors (Lipinski definition) is 6. The molecule has 0 atom stereocenters. The molecular weight excluding hydrogens is 462 g/mol. The van der Waals surface area contributed by atoms with E-state index in [1.807, 2.05) is 17.7 Å². The van der Waals surface area contributed by atoms with Crippen LogP contribution in [-0.2, 0) is 16.1 Å². The van der Waals surface area contributed by atoms with Crippen molar-refractivity contribution in [3.05, 3.63) is 45.8 Å². The Morgan fingerprint density at radius 2 is 2.12 bits per heavy atom. The molecule has 2 aromatic heterocycles. The summed E-state index contributed by atoms with van der Waals surface area (Å²) in [6, 6.07) is 7.21. The van der Waals surface area contributed by atoms with Crippen molar-refractivity contribution in [3.63, 3.8) is 0 Å². The molecule has 4 rings (SSSR count). The average molecular weight is 490 g/mol. The maximum atomic E-state index is 13.1. The van der Waals surface area contributed by atoms with Crippen LogP contribution in [0.3, 0.4) is 0 Å². The summed E-state index contributed by atoms with van der Waals surface area (Å²) < 4.78 is 8.95. The Bertz CT molecular complexity index is 1170. The van der Waals surface area contributed by atoms with Crippen LogP contribution in [-0.4, -0.2) is 44.2 Å². The van der Waals surface area contributed by atoms with Gasteiger partial charge in [-0.05, 0) is 44.4 Å². The molecule has 0 radical (unpaired) electrons. The number of rotatable bonds is 10. The smallest absolute Gasteiger partial charge is 0.262 e. The molecule has 1 aliphatic carbocycles. The summed E-state index contributed by atoms with van der Waals surface area (Å²) in [5.41, 5.74) is 0.381. The molecule has 3 aromatic rings. The first-order valence-electron chi connectivity index (χ1n) is 11.3. The SMILES string of the molecule is CCOCCCn1c(SCC(=O)Nc2ccnn2C2CCCC2)nc2cc(Cl)ccc2c1=O. The van der Waals surface area contributed by atoms with Gasteiger partial charge in [-0.25, -0.2) is 9.67 Å². The highest BCUT2D eigenvalue weighted by atomic mass is 35.5. The fourth-order valence-electron chi connectivity index (χ4n) is 4.11. The number of halogens is 1. The predicted octanol–water partition coefficient (Wildman–Crippen LogP) is 4.52. The molecule has 0 bridgehead atoms. The van der Waals surface area contributed by atoms with E-state index in [0.29, 0.717) is 59.1 Å². The molecule has 10 heteroatoms. The minimum atomic E-state index is -0.166. The van der Waals surface area contributed by atoms with Crippen LogP contribution in [0.25, 0.3) is 10.9 Å². The van der Waals surface area contributed by atoms with Crippen LogP contribution >= 0.6 is 23.4 Å². The number of carbonyl (C=O) groups is 1. The van der Waals surface area contributed by atoms with Crippen LogP contribution in [0.1, 0.15) is 45.1 Å². The Kier molecular flexibility index (Phi) is 8.06. The van der Waals surface area contributed by atoms with Gasteiger partial charge in [0, 0.05) is 30.8 Å². The lowest BCUT2D eigenvalue weighted by molar-refractivity contribution is -0.113. The first-order chi connectivity index (χ1) is 16.1. The molecule has 176 valence electrons. The fraction of sp³-hybridized carbons (Fsp3) is 0.478. The van der Waals surface area contributed by atoms with Crippen molar-refractivity contribution < 1.29 is 9.53 Å². The molecule has 0 saturated heterocycles. The largest absolute Gasteiger partial charge is 0.382 e. The second kappa shape index (κ2) is 11.2. The zero-order valence-corrected chi connectivity index (χ0v) is 20.2. The maximum absolute atomic E-state index is 13.1. The zero-order valence-electron chi connectivity index (χ0n) is 18.6. The number of nitrogens with one attached hydrogen (secondary N) is 1. The van der Waals surface area contributed by atoms with Crippen molar-refractivity contribution in [2.24, 2.45) is 0 Å². The number of thioether (sulfide) groups is 1. The number of fused-ring (bicyclic) bond motifs is 1. The topological polar surface area (TPSA) is 91.0 Å². The van der Waals surface area contributed by atoms with Crippen molar-refractivity contribution in [3.8, 4) is 0 Å². The highest BCUT2D eigenvalue weighted by Gasteiger charge is 2.21. The Labute approximate surface area is 201 Å². The highest BCUT2D eigenvalue weighted by molar-refractivity contribution is 7.99. The number of aromatic nitrogens is 4. The van der Waals surface area contributed by atoms with Crippen molar-refractivity contribution in [1.82, 2.24) is 19.3 Å². The van der Waals surface area contributed by atoms with E-state index in [0.717, 1.165) is 12.8 Å². The van der Waals surface area contributed by atoms with Gasteiger partial charge in [-0.2, -0.15) is 5.10 Å². The lowest BCUT2D eigenvalue weighted by Crippen LogP contribution is -2.25. The monoisotopic (exact) mass is 489 g/mol. The molecule has 1 fully saturated rings. The maximum Gasteiger partial charge on any atom is 0.262 e. The molecule has 1 aliphatic rings. The van der Waals surface area contributed by atoms with E-state index in [4.69, 9.17) is 16.3 Å². The van der Waals surface area contributed by atoms with Crippen LogP contribution in [0, 0.1) is 0 Å². The van der Waals surface area contributed by atoms with Gasteiger partial charge in [-0.15, -0.1) is 0 Å². The average Bonchev–Trinajstić information content (AvgIpc) is 3.48. The van der Waals surface area contributed by atoms with Crippen molar-refractivity contribution in [1.29, 1.82) is 0 Å². The summed E-state index contributed by atoms with van der Waals surface area (Å²) in [5, 5.41) is 8.87. The third-order valence-electron chi connectivity index (χ3n) is 5.70. The summed E-state index contributed by atoms with van der Waals surface area (Å²) in [5.74, 6) is 0.667. The number of amides is 1. The number of carbonyl (C=O) groups excluding carboxylic acids is 1. The molecule has 0 unspecified atom stereocenters. The molecule has 1 saturated carbocycles. The van der Waals surface area contributed by atoms with E-state index >= 15 is 0 Å². The van der Waals surface area contributed by atoms with E-state index in [1.165, 1.54) is 24.6 Å². The van der Waals surface area contributed by atoms with Gasteiger partial charge in [0.1, 0.15) is 5.82 Å². The van der Waals surface area contributed by atoms with Gasteiger partial charge in [-0.3, -0.25) is 14.2 Å². The first-order valence-corrected chi connectivity index (χ1v) is 12.7. The van der Waals surface area contributed by atoms with Crippen LogP contribution in [0.2, 0.25) is 5.02 Å². The highest BCUT2D eigenvalue weighted by Crippen LogP contribution is 2.31. The summed E-state index contributed by atoms with van der Waals surface area (Å²) in [6.45, 7) is 3.58. The minimum absolute atomic E-state index is 0.125. The molecule has 1 N–H and O–H groups in total. The predicted molar refractivity (Wildman–Crippen MR) is 131 cm³/mol. The summed E-state index contributed by atoms with van der Waals surface area (Å²) in [6.07, 6.45) is 6.92. The Morgan fingerprint density at radius 1 is 1.30 bits per heavy atom. The van der Waals surface area contributed by atoms with Gasteiger partial charge in [-0.1, -0.05) is 36.2 Å². The van der Waals surface area contributed by atoms with E-state index in [-0.39, 0.29) is 17.2 Å². The number of nitrogens with zero attached hydrogens (tertiary/aromatic N) is 4. The van der Waals surface area contributed by atoms with E-state index in [2.05, 4.69) is 15.4 Å². The van der Waals surface area contributed by atoms with Crippen LogP contribution in [0.5, 0.6) is 0 Å². The fourth-order valence-corrected chi connectivity index (χ4v) is 5.10. The summed E-state index contributed by atoms with van der Waals surface area (Å²) in [4.78, 5) is 30.5. The lowest BCUT2D eigenvalue weighted by Gasteiger charge is -2.15. The van der Waals surface area contributed by atoms with Gasteiger partial charge in [0.25, 0.3) is 5.56 Å². The Hall–Kier alpha value is -2.36. The summed E-state index contributed by atoms with van der Waals surface area (Å²) in [7, 11) is 0. The molecular formula is C23H28ClN5O3S. The van der Waals surface area contributed by atoms with E-state index < -0.39 is 0 Å². The molecule has 8 nitrogen and oxygen atoms in total. The van der Waals surface area contributed by atoms with E-state index in [1.54, 1.807) is 29.0 Å². The molecule has 0 aliphatic heterocycles. The Balaban J connectivity index is 1.50. The molecule has 1 aromatic carbocycles. The van der Waals surface area contributed by atoms with Crippen molar-refractivity contribution >= 4 is 46.0 Å². The second-order valence-electron chi connectivity index (χ2n) is 8.00. The molecule has 1 amide bonds. The van der Waals surface area contributed by atoms with Crippen LogP contribution < -0.4 is 10.9 Å². The molecule has 33 heavy (non-hydrogen) atoms. The normalized spacial score (nSPS) is 14.2. The quantitative estimate of drug-likeness (QED) is 0.256. The summed E-state index contributed by atoms with van der Waals surface area (Å²) >= 11 is 7.35. The zero-order chi connectivity index (χ0) is 23.2. The minimum Gasteiger partial charge on any atom is -0.382 e. The third-order valence-corrected chi connectivity index (χ3v) is 6.91. The number of benzene rings is 1. The van der Waals surface area contributed by atoms with Gasteiger partial charge in [0.2, 0.25) is 5.91 Å². The van der Waals surface area contributed by atoms with Crippen molar-refractivity contribution in [2.75, 3.05) is 24.3 Å². The first kappa shape index (κ1) is 23.8. The standard InChI is InChI=1S/C23H28ClN5O3S/c1-2-32-13-5-12-28-22(31)18-9-8-16(24)14-19(18)26-23(28)33-15-21(30)27-20-10-11-25-29(20)17-6-3-4-7-17/h8-11,14,17H,2-7,12-13,15H2,1H3,(H,27,30). The van der Waals surface area contributed by atoms with Crippen molar-refractivity contribution in [2.45, 2.75) is 56.8 Å². The van der Waals surface area contributed by atoms with Crippen LogP contribution in [0.15, 0.2) is 40.4 Å². The van der Waals surface area contributed by atoms with Crippen LogP contribution in [0.4, 0.5) is 5.82 Å². The number of anilines is 1. The van der Waals surface area contributed by atoms with Gasteiger partial charge >= 0.3 is 0 Å². The van der Waals surface area contributed by atoms with E-state index in [9.17, 15) is 9.59 Å². The number of ether oxygens (including phenoxy) is 1. The Morgan fingerprint density at radius 3 is 2.91 bits per heavy atom. The molecule has 2 heterocycles.